The van der Waals surface area contributed by atoms with Crippen molar-refractivity contribution in [1.82, 2.24) is 5.32 Å². The number of amides is 3. The number of nitrogens with two attached hydrogens (primary N) is 1. The number of carbonyl (C=O) groups excluding carboxylic acids is 2. The number of carbonyl (C=O) groups is 2. The van der Waals surface area contributed by atoms with E-state index in [9.17, 15) is 9.59 Å². The molecule has 3 amide bonds. The lowest BCUT2D eigenvalue weighted by Gasteiger charge is -2.20. The van der Waals surface area contributed by atoms with Crippen molar-refractivity contribution in [1.29, 1.82) is 0 Å². The van der Waals surface area contributed by atoms with Crippen LogP contribution in [-0.4, -0.2) is 24.6 Å². The summed E-state index contributed by atoms with van der Waals surface area (Å²) in [6.45, 7) is 6.15. The highest BCUT2D eigenvalue weighted by Gasteiger charge is 2.23. The Balaban J connectivity index is 2.69. The van der Waals surface area contributed by atoms with Crippen molar-refractivity contribution >= 4 is 17.6 Å². The van der Waals surface area contributed by atoms with E-state index in [1.54, 1.807) is 24.3 Å². The summed E-state index contributed by atoms with van der Waals surface area (Å²) in [7, 11) is 0. The highest BCUT2D eigenvalue weighted by molar-refractivity contribution is 5.97. The lowest BCUT2D eigenvalue weighted by molar-refractivity contribution is -0.118. The molecule has 0 aliphatic rings. The van der Waals surface area contributed by atoms with Gasteiger partial charge in [0.1, 0.15) is 11.8 Å². The van der Waals surface area contributed by atoms with Crippen LogP contribution in [0.4, 0.5) is 10.5 Å². The van der Waals surface area contributed by atoms with Crippen LogP contribution in [0.3, 0.4) is 0 Å². The minimum Gasteiger partial charge on any atom is -0.494 e. The summed E-state index contributed by atoms with van der Waals surface area (Å²) in [6.07, 6.45) is 0. The maximum atomic E-state index is 12.1. The van der Waals surface area contributed by atoms with Crippen molar-refractivity contribution in [3.05, 3.63) is 24.3 Å². The van der Waals surface area contributed by atoms with E-state index in [1.165, 1.54) is 0 Å². The molecule has 0 fully saturated rings. The monoisotopic (exact) mass is 279 g/mol. The molecule has 0 bridgehead atoms. The first-order chi connectivity index (χ1) is 9.43. The van der Waals surface area contributed by atoms with Gasteiger partial charge in [0.05, 0.1) is 6.61 Å². The zero-order chi connectivity index (χ0) is 15.1. The van der Waals surface area contributed by atoms with Gasteiger partial charge in [0.25, 0.3) is 0 Å². The first-order valence-electron chi connectivity index (χ1n) is 6.53. The van der Waals surface area contributed by atoms with Crippen LogP contribution in [-0.2, 0) is 4.79 Å². The van der Waals surface area contributed by atoms with E-state index < -0.39 is 12.1 Å². The third-order valence-electron chi connectivity index (χ3n) is 2.68. The fourth-order valence-corrected chi connectivity index (χ4v) is 1.71. The van der Waals surface area contributed by atoms with Crippen LogP contribution in [0.5, 0.6) is 5.75 Å². The number of rotatable bonds is 6. The van der Waals surface area contributed by atoms with E-state index >= 15 is 0 Å². The zero-order valence-electron chi connectivity index (χ0n) is 12.0. The predicted molar refractivity (Wildman–Crippen MR) is 77.6 cm³/mol. The molecule has 0 heterocycles. The number of primary amides is 1. The Morgan fingerprint density at radius 2 is 1.85 bits per heavy atom. The third kappa shape index (κ3) is 4.79. The SMILES string of the molecule is CCOc1ccc(NC(=O)[C@H](NC(N)=O)C(C)C)cc1. The van der Waals surface area contributed by atoms with Gasteiger partial charge in [-0.2, -0.15) is 0 Å². The molecule has 6 nitrogen and oxygen atoms in total. The standard InChI is InChI=1S/C14H21N3O3/c1-4-20-11-7-5-10(6-8-11)16-13(18)12(9(2)3)17-14(15)19/h5-9,12H,4H2,1-3H3,(H,16,18)(H3,15,17,19)/t12-/m1/s1. The number of anilines is 1. The summed E-state index contributed by atoms with van der Waals surface area (Å²) in [5, 5.41) is 5.17. The van der Waals surface area contributed by atoms with E-state index in [0.29, 0.717) is 12.3 Å². The van der Waals surface area contributed by atoms with Crippen molar-refractivity contribution in [2.24, 2.45) is 11.7 Å². The van der Waals surface area contributed by atoms with E-state index in [2.05, 4.69) is 10.6 Å². The van der Waals surface area contributed by atoms with Crippen LogP contribution in [0.15, 0.2) is 24.3 Å². The van der Waals surface area contributed by atoms with Gasteiger partial charge in [-0.3, -0.25) is 4.79 Å². The zero-order valence-corrected chi connectivity index (χ0v) is 12.0. The van der Waals surface area contributed by atoms with Crippen LogP contribution in [0.1, 0.15) is 20.8 Å². The second-order valence-electron chi connectivity index (χ2n) is 4.68. The molecule has 0 radical (unpaired) electrons. The largest absolute Gasteiger partial charge is 0.494 e. The van der Waals surface area contributed by atoms with Crippen LogP contribution in [0, 0.1) is 5.92 Å². The Bertz CT molecular complexity index is 457. The topological polar surface area (TPSA) is 93.4 Å². The van der Waals surface area contributed by atoms with Crippen molar-refractivity contribution < 1.29 is 14.3 Å². The molecule has 6 heteroatoms. The lowest BCUT2D eigenvalue weighted by Crippen LogP contribution is -2.49. The summed E-state index contributed by atoms with van der Waals surface area (Å²) in [5.41, 5.74) is 5.70. The number of hydrogen-bond donors (Lipinski definition) is 3. The van der Waals surface area contributed by atoms with Gasteiger partial charge in [-0.15, -0.1) is 0 Å². The van der Waals surface area contributed by atoms with Gasteiger partial charge >= 0.3 is 6.03 Å². The van der Waals surface area contributed by atoms with Crippen molar-refractivity contribution in [2.45, 2.75) is 26.8 Å². The van der Waals surface area contributed by atoms with E-state index in [4.69, 9.17) is 10.5 Å². The molecule has 0 aliphatic heterocycles. The van der Waals surface area contributed by atoms with E-state index in [0.717, 1.165) is 5.75 Å². The first kappa shape index (κ1) is 15.8. The minimum absolute atomic E-state index is 0.0646. The number of hydrogen-bond acceptors (Lipinski definition) is 3. The van der Waals surface area contributed by atoms with Gasteiger partial charge < -0.3 is 21.1 Å². The predicted octanol–water partition coefficient (Wildman–Crippen LogP) is 1.72. The minimum atomic E-state index is -0.717. The molecule has 0 saturated heterocycles. The Morgan fingerprint density at radius 1 is 1.25 bits per heavy atom. The van der Waals surface area contributed by atoms with Crippen molar-refractivity contribution in [3.63, 3.8) is 0 Å². The summed E-state index contributed by atoms with van der Waals surface area (Å²) in [5.74, 6) is 0.370. The highest BCUT2D eigenvalue weighted by Crippen LogP contribution is 2.16. The number of nitrogens with one attached hydrogen (secondary N) is 2. The van der Waals surface area contributed by atoms with Gasteiger partial charge in [0, 0.05) is 5.69 Å². The maximum absolute atomic E-state index is 12.1. The molecule has 4 N–H and O–H groups in total. The van der Waals surface area contributed by atoms with E-state index in [-0.39, 0.29) is 11.8 Å². The van der Waals surface area contributed by atoms with Crippen LogP contribution in [0.25, 0.3) is 0 Å². The second kappa shape index (κ2) is 7.37. The molecular weight excluding hydrogens is 258 g/mol. The fraction of sp³-hybridized carbons (Fsp3) is 0.429. The molecule has 1 aromatic rings. The summed E-state index contributed by atoms with van der Waals surface area (Å²) in [6, 6.07) is 5.63. The number of urea groups is 1. The Kier molecular flexibility index (Phi) is 5.83. The van der Waals surface area contributed by atoms with Crippen molar-refractivity contribution in [3.8, 4) is 5.75 Å². The third-order valence-corrected chi connectivity index (χ3v) is 2.68. The molecule has 0 aromatic heterocycles. The molecule has 1 rings (SSSR count). The summed E-state index contributed by atoms with van der Waals surface area (Å²) < 4.78 is 5.32. The number of ether oxygens (including phenoxy) is 1. The normalized spacial score (nSPS) is 11.8. The fourth-order valence-electron chi connectivity index (χ4n) is 1.71. The van der Waals surface area contributed by atoms with Gasteiger partial charge in [-0.05, 0) is 37.1 Å². The molecule has 0 spiro atoms. The smallest absolute Gasteiger partial charge is 0.312 e. The Labute approximate surface area is 118 Å². The average molecular weight is 279 g/mol. The van der Waals surface area contributed by atoms with Gasteiger partial charge in [-0.25, -0.2) is 4.79 Å². The molecule has 1 atom stereocenters. The molecule has 0 aliphatic carbocycles. The summed E-state index contributed by atoms with van der Waals surface area (Å²) >= 11 is 0. The summed E-state index contributed by atoms with van der Waals surface area (Å²) in [4.78, 5) is 23.0. The maximum Gasteiger partial charge on any atom is 0.312 e. The second-order valence-corrected chi connectivity index (χ2v) is 4.68. The molecule has 1 aromatic carbocycles. The first-order valence-corrected chi connectivity index (χ1v) is 6.53. The van der Waals surface area contributed by atoms with Gasteiger partial charge in [0.2, 0.25) is 5.91 Å². The average Bonchev–Trinajstić information content (AvgIpc) is 2.38. The van der Waals surface area contributed by atoms with Crippen LogP contribution in [0.2, 0.25) is 0 Å². The van der Waals surface area contributed by atoms with Gasteiger partial charge in [-0.1, -0.05) is 13.8 Å². The van der Waals surface area contributed by atoms with Crippen LogP contribution < -0.4 is 21.1 Å². The molecule has 0 saturated carbocycles. The van der Waals surface area contributed by atoms with Gasteiger partial charge in [0.15, 0.2) is 0 Å². The Hall–Kier alpha value is -2.24. The Morgan fingerprint density at radius 3 is 2.30 bits per heavy atom. The molecule has 20 heavy (non-hydrogen) atoms. The van der Waals surface area contributed by atoms with Crippen LogP contribution >= 0.6 is 0 Å². The molecule has 110 valence electrons. The highest BCUT2D eigenvalue weighted by atomic mass is 16.5. The van der Waals surface area contributed by atoms with Crippen molar-refractivity contribution in [2.75, 3.05) is 11.9 Å². The quantitative estimate of drug-likeness (QED) is 0.740. The lowest BCUT2D eigenvalue weighted by atomic mass is 10.0. The molecule has 0 unspecified atom stereocenters. The van der Waals surface area contributed by atoms with E-state index in [1.807, 2.05) is 20.8 Å². The molecular formula is C14H21N3O3. The number of benzene rings is 1.